The van der Waals surface area contributed by atoms with Crippen molar-refractivity contribution in [3.05, 3.63) is 59.7 Å². The fourth-order valence-corrected chi connectivity index (χ4v) is 2.19. The molecule has 0 heterocycles. The van der Waals surface area contributed by atoms with E-state index in [4.69, 9.17) is 0 Å². The summed E-state index contributed by atoms with van der Waals surface area (Å²) >= 11 is 0. The minimum atomic E-state index is 0.935. The van der Waals surface area contributed by atoms with E-state index in [1.807, 2.05) is 0 Å². The third-order valence-electron chi connectivity index (χ3n) is 3.38. The Hall–Kier alpha value is -1.80. The first-order chi connectivity index (χ1) is 9.22. The van der Waals surface area contributed by atoms with Crippen molar-refractivity contribution >= 4 is 11.4 Å². The Labute approximate surface area is 116 Å². The number of rotatable bonds is 5. The molecule has 2 heteroatoms. The summed E-state index contributed by atoms with van der Waals surface area (Å²) in [7, 11) is 2.11. The Morgan fingerprint density at radius 3 is 2.32 bits per heavy atom. The molecular formula is C17H22N2. The highest BCUT2D eigenvalue weighted by Gasteiger charge is 2.05. The number of hydrogen-bond donors (Lipinski definition) is 1. The monoisotopic (exact) mass is 254 g/mol. The van der Waals surface area contributed by atoms with Crippen molar-refractivity contribution in [1.82, 2.24) is 5.32 Å². The molecular weight excluding hydrogens is 232 g/mol. The topological polar surface area (TPSA) is 15.3 Å². The van der Waals surface area contributed by atoms with Crippen molar-refractivity contribution in [2.24, 2.45) is 0 Å². The molecule has 2 aromatic rings. The predicted molar refractivity (Wildman–Crippen MR) is 83.1 cm³/mol. The lowest BCUT2D eigenvalue weighted by atomic mass is 10.1. The van der Waals surface area contributed by atoms with Crippen LogP contribution in [-0.4, -0.2) is 13.6 Å². The van der Waals surface area contributed by atoms with Gasteiger partial charge in [0.2, 0.25) is 0 Å². The molecule has 0 aliphatic heterocycles. The quantitative estimate of drug-likeness (QED) is 0.871. The Balaban J connectivity index is 2.16. The van der Waals surface area contributed by atoms with Crippen LogP contribution in [-0.2, 0) is 6.54 Å². The molecule has 0 aliphatic rings. The van der Waals surface area contributed by atoms with Crippen LogP contribution in [0.4, 0.5) is 11.4 Å². The molecule has 0 saturated carbocycles. The van der Waals surface area contributed by atoms with E-state index in [0.29, 0.717) is 0 Å². The minimum Gasteiger partial charge on any atom is -0.344 e. The van der Waals surface area contributed by atoms with Gasteiger partial charge in [-0.05, 0) is 42.8 Å². The summed E-state index contributed by atoms with van der Waals surface area (Å²) in [6.07, 6.45) is 0. The molecule has 100 valence electrons. The summed E-state index contributed by atoms with van der Waals surface area (Å²) in [6.45, 7) is 6.21. The Morgan fingerprint density at radius 2 is 1.68 bits per heavy atom. The van der Waals surface area contributed by atoms with Gasteiger partial charge in [0.05, 0.1) is 0 Å². The van der Waals surface area contributed by atoms with Gasteiger partial charge in [-0.15, -0.1) is 0 Å². The van der Waals surface area contributed by atoms with Crippen molar-refractivity contribution in [1.29, 1.82) is 0 Å². The highest BCUT2D eigenvalue weighted by atomic mass is 15.1. The predicted octanol–water partition coefficient (Wildman–Crippen LogP) is 3.87. The first-order valence-corrected chi connectivity index (χ1v) is 6.81. The van der Waals surface area contributed by atoms with Crippen molar-refractivity contribution in [2.45, 2.75) is 20.4 Å². The van der Waals surface area contributed by atoms with Gasteiger partial charge in [0.15, 0.2) is 0 Å². The van der Waals surface area contributed by atoms with E-state index in [-0.39, 0.29) is 0 Å². The molecule has 0 aliphatic carbocycles. The zero-order chi connectivity index (χ0) is 13.7. The maximum absolute atomic E-state index is 3.34. The summed E-state index contributed by atoms with van der Waals surface area (Å²) in [4.78, 5) is 2.23. The molecule has 19 heavy (non-hydrogen) atoms. The van der Waals surface area contributed by atoms with Gasteiger partial charge < -0.3 is 10.2 Å². The molecule has 0 bridgehead atoms. The molecule has 1 N–H and O–H groups in total. The van der Waals surface area contributed by atoms with Crippen molar-refractivity contribution < 1.29 is 0 Å². The number of benzene rings is 2. The van der Waals surface area contributed by atoms with Crippen LogP contribution < -0.4 is 10.2 Å². The van der Waals surface area contributed by atoms with Crippen LogP contribution >= 0.6 is 0 Å². The molecule has 0 atom stereocenters. The lowest BCUT2D eigenvalue weighted by Crippen LogP contribution is -2.13. The molecule has 0 aromatic heterocycles. The first-order valence-electron chi connectivity index (χ1n) is 6.81. The van der Waals surface area contributed by atoms with Crippen LogP contribution in [0.15, 0.2) is 48.5 Å². The first kappa shape index (κ1) is 13.6. The molecule has 2 aromatic carbocycles. The van der Waals surface area contributed by atoms with Crippen LogP contribution in [0.25, 0.3) is 0 Å². The number of para-hydroxylation sites is 1. The Bertz CT molecular complexity index is 517. The van der Waals surface area contributed by atoms with Crippen molar-refractivity contribution in [2.75, 3.05) is 18.5 Å². The van der Waals surface area contributed by atoms with Crippen LogP contribution in [0.2, 0.25) is 0 Å². The zero-order valence-electron chi connectivity index (χ0n) is 12.0. The minimum absolute atomic E-state index is 0.935. The largest absolute Gasteiger partial charge is 0.344 e. The van der Waals surface area contributed by atoms with Gasteiger partial charge >= 0.3 is 0 Å². The normalized spacial score (nSPS) is 10.5. The van der Waals surface area contributed by atoms with Crippen LogP contribution in [0.5, 0.6) is 0 Å². The van der Waals surface area contributed by atoms with E-state index in [1.54, 1.807) is 0 Å². The van der Waals surface area contributed by atoms with Gasteiger partial charge in [-0.3, -0.25) is 0 Å². The van der Waals surface area contributed by atoms with Crippen molar-refractivity contribution in [3.63, 3.8) is 0 Å². The van der Waals surface area contributed by atoms with E-state index in [9.17, 15) is 0 Å². The fourth-order valence-electron chi connectivity index (χ4n) is 2.19. The Kier molecular flexibility index (Phi) is 4.58. The summed E-state index contributed by atoms with van der Waals surface area (Å²) < 4.78 is 0. The van der Waals surface area contributed by atoms with Gasteiger partial charge in [-0.1, -0.05) is 37.3 Å². The van der Waals surface area contributed by atoms with Crippen LogP contribution in [0.1, 0.15) is 18.1 Å². The summed E-state index contributed by atoms with van der Waals surface area (Å²) in [6, 6.07) is 17.2. The highest BCUT2D eigenvalue weighted by Crippen LogP contribution is 2.26. The summed E-state index contributed by atoms with van der Waals surface area (Å²) in [5.41, 5.74) is 5.09. The third kappa shape index (κ3) is 3.36. The number of nitrogens with one attached hydrogen (secondary N) is 1. The summed E-state index contributed by atoms with van der Waals surface area (Å²) in [5.74, 6) is 0. The number of aryl methyl sites for hydroxylation is 1. The van der Waals surface area contributed by atoms with Gasteiger partial charge in [-0.2, -0.15) is 0 Å². The smallest absolute Gasteiger partial charge is 0.0437 e. The maximum Gasteiger partial charge on any atom is 0.0437 e. The second-order valence-electron chi connectivity index (χ2n) is 4.79. The summed E-state index contributed by atoms with van der Waals surface area (Å²) in [5, 5.41) is 3.34. The zero-order valence-corrected chi connectivity index (χ0v) is 12.0. The Morgan fingerprint density at radius 1 is 1.00 bits per heavy atom. The number of anilines is 2. The average Bonchev–Trinajstić information content (AvgIpc) is 2.45. The van der Waals surface area contributed by atoms with Crippen molar-refractivity contribution in [3.8, 4) is 0 Å². The average molecular weight is 254 g/mol. The highest BCUT2D eigenvalue weighted by molar-refractivity contribution is 5.65. The second-order valence-corrected chi connectivity index (χ2v) is 4.79. The van der Waals surface area contributed by atoms with E-state index >= 15 is 0 Å². The van der Waals surface area contributed by atoms with Gasteiger partial charge in [0.25, 0.3) is 0 Å². The molecule has 0 saturated heterocycles. The molecule has 2 rings (SSSR count). The van der Waals surface area contributed by atoms with Crippen LogP contribution in [0, 0.1) is 6.92 Å². The lowest BCUT2D eigenvalue weighted by Gasteiger charge is -2.21. The van der Waals surface area contributed by atoms with E-state index < -0.39 is 0 Å². The standard InChI is InChI=1S/C17H22N2/c1-4-18-13-15-9-11-16(12-10-15)19(3)17-8-6-5-7-14(17)2/h5-12,18H,4,13H2,1-3H3. The molecule has 0 fully saturated rings. The number of hydrogen-bond acceptors (Lipinski definition) is 2. The van der Waals surface area contributed by atoms with Crippen LogP contribution in [0.3, 0.4) is 0 Å². The number of nitrogens with zero attached hydrogens (tertiary/aromatic N) is 1. The molecule has 0 amide bonds. The maximum atomic E-state index is 3.34. The molecule has 2 nitrogen and oxygen atoms in total. The molecule has 0 spiro atoms. The van der Waals surface area contributed by atoms with Gasteiger partial charge in [0, 0.05) is 25.0 Å². The van der Waals surface area contributed by atoms with Gasteiger partial charge in [0.1, 0.15) is 0 Å². The fraction of sp³-hybridized carbons (Fsp3) is 0.294. The van der Waals surface area contributed by atoms with E-state index in [0.717, 1.165) is 13.1 Å². The second kappa shape index (κ2) is 6.39. The molecule has 0 radical (unpaired) electrons. The lowest BCUT2D eigenvalue weighted by molar-refractivity contribution is 0.727. The molecule has 0 unspecified atom stereocenters. The SMILES string of the molecule is CCNCc1ccc(N(C)c2ccccc2C)cc1. The third-order valence-corrected chi connectivity index (χ3v) is 3.38. The van der Waals surface area contributed by atoms with E-state index in [2.05, 4.69) is 79.6 Å². The van der Waals surface area contributed by atoms with E-state index in [1.165, 1.54) is 22.5 Å². The van der Waals surface area contributed by atoms with Gasteiger partial charge in [-0.25, -0.2) is 0 Å².